The summed E-state index contributed by atoms with van der Waals surface area (Å²) in [5, 5.41) is 13.2. The van der Waals surface area contributed by atoms with Gasteiger partial charge >= 0.3 is 5.97 Å². The maximum Gasteiger partial charge on any atom is 0.341 e. The average molecular weight is 332 g/mol. The van der Waals surface area contributed by atoms with Gasteiger partial charge in [0, 0.05) is 17.3 Å². The lowest BCUT2D eigenvalue weighted by Crippen LogP contribution is -2.21. The van der Waals surface area contributed by atoms with Gasteiger partial charge in [-0.05, 0) is 25.1 Å². The van der Waals surface area contributed by atoms with Gasteiger partial charge < -0.3 is 10.1 Å². The Morgan fingerprint density at radius 3 is 2.62 bits per heavy atom. The summed E-state index contributed by atoms with van der Waals surface area (Å²) in [5.74, 6) is -2.42. The van der Waals surface area contributed by atoms with Crippen LogP contribution in [0, 0.1) is 22.9 Å². The standard InChI is InChI=1S/C16H13FN2O5/c1-10-6-7-11(8-14(10)19(22)23)18-15(20)9-24-16(21)12-4-2-3-5-13(12)17/h2-8H,9H2,1H3,(H,18,20). The highest BCUT2D eigenvalue weighted by molar-refractivity contribution is 5.95. The maximum atomic E-state index is 13.4. The molecule has 2 rings (SSSR count). The number of benzene rings is 2. The number of ether oxygens (including phenoxy) is 1. The van der Waals surface area contributed by atoms with Crippen LogP contribution in [0.25, 0.3) is 0 Å². The number of nitro groups is 1. The fraction of sp³-hybridized carbons (Fsp3) is 0.125. The summed E-state index contributed by atoms with van der Waals surface area (Å²) in [7, 11) is 0. The van der Waals surface area contributed by atoms with Crippen LogP contribution in [0.5, 0.6) is 0 Å². The van der Waals surface area contributed by atoms with Gasteiger partial charge in [0.1, 0.15) is 5.82 Å². The molecule has 1 N–H and O–H groups in total. The number of hydrogen-bond donors (Lipinski definition) is 1. The molecule has 0 saturated carbocycles. The number of hydrogen-bond acceptors (Lipinski definition) is 5. The highest BCUT2D eigenvalue weighted by Gasteiger charge is 2.15. The molecule has 2 aromatic rings. The summed E-state index contributed by atoms with van der Waals surface area (Å²) in [6.45, 7) is 0.925. The number of halogens is 1. The van der Waals surface area contributed by atoms with Crippen LogP contribution in [0.1, 0.15) is 15.9 Å². The van der Waals surface area contributed by atoms with Crippen molar-refractivity contribution >= 4 is 23.3 Å². The molecule has 0 aliphatic carbocycles. The van der Waals surface area contributed by atoms with E-state index in [-0.39, 0.29) is 16.9 Å². The average Bonchev–Trinajstić information content (AvgIpc) is 2.54. The van der Waals surface area contributed by atoms with Crippen molar-refractivity contribution in [2.45, 2.75) is 6.92 Å². The van der Waals surface area contributed by atoms with E-state index in [2.05, 4.69) is 5.32 Å². The zero-order valence-electron chi connectivity index (χ0n) is 12.6. The molecule has 7 nitrogen and oxygen atoms in total. The van der Waals surface area contributed by atoms with Crippen molar-refractivity contribution < 1.29 is 23.6 Å². The summed E-state index contributed by atoms with van der Waals surface area (Å²) in [6.07, 6.45) is 0. The first kappa shape index (κ1) is 17.1. The van der Waals surface area contributed by atoms with Crippen LogP contribution < -0.4 is 5.32 Å². The van der Waals surface area contributed by atoms with E-state index in [1.807, 2.05) is 0 Å². The Hall–Kier alpha value is -3.29. The second-order valence-electron chi connectivity index (χ2n) is 4.86. The topological polar surface area (TPSA) is 98.5 Å². The Balaban J connectivity index is 1.97. The zero-order chi connectivity index (χ0) is 17.7. The fourth-order valence-corrected chi connectivity index (χ4v) is 1.92. The normalized spacial score (nSPS) is 10.1. The Morgan fingerprint density at radius 2 is 1.96 bits per heavy atom. The minimum absolute atomic E-state index is 0.142. The van der Waals surface area contributed by atoms with Gasteiger partial charge in [-0.2, -0.15) is 0 Å². The number of esters is 1. The summed E-state index contributed by atoms with van der Waals surface area (Å²) < 4.78 is 18.1. The third kappa shape index (κ3) is 4.13. The molecule has 0 heterocycles. The Bertz CT molecular complexity index is 807. The number of amides is 1. The molecule has 0 unspecified atom stereocenters. The van der Waals surface area contributed by atoms with E-state index in [1.54, 1.807) is 6.92 Å². The van der Waals surface area contributed by atoms with Crippen molar-refractivity contribution in [2.75, 3.05) is 11.9 Å². The molecule has 8 heteroatoms. The first-order valence-electron chi connectivity index (χ1n) is 6.85. The van der Waals surface area contributed by atoms with E-state index in [0.717, 1.165) is 6.07 Å². The second-order valence-corrected chi connectivity index (χ2v) is 4.86. The van der Waals surface area contributed by atoms with Gasteiger partial charge in [0.05, 0.1) is 10.5 Å². The van der Waals surface area contributed by atoms with E-state index in [0.29, 0.717) is 5.56 Å². The Kier molecular flexibility index (Phi) is 5.20. The van der Waals surface area contributed by atoms with E-state index in [4.69, 9.17) is 4.74 Å². The number of anilines is 1. The molecule has 1 amide bonds. The Morgan fingerprint density at radius 1 is 1.25 bits per heavy atom. The molecular weight excluding hydrogens is 319 g/mol. The van der Waals surface area contributed by atoms with Crippen molar-refractivity contribution in [3.63, 3.8) is 0 Å². The van der Waals surface area contributed by atoms with Crippen LogP contribution in [0.15, 0.2) is 42.5 Å². The molecule has 0 fully saturated rings. The molecule has 0 atom stereocenters. The van der Waals surface area contributed by atoms with Crippen LogP contribution in [0.3, 0.4) is 0 Å². The number of rotatable bonds is 5. The van der Waals surface area contributed by atoms with E-state index >= 15 is 0 Å². The summed E-state index contributed by atoms with van der Waals surface area (Å²) in [6, 6.07) is 9.39. The molecule has 0 spiro atoms. The van der Waals surface area contributed by atoms with E-state index < -0.39 is 29.2 Å². The first-order chi connectivity index (χ1) is 11.4. The van der Waals surface area contributed by atoms with Crippen LogP contribution in [-0.2, 0) is 9.53 Å². The number of carbonyl (C=O) groups is 2. The predicted octanol–water partition coefficient (Wildman–Crippen LogP) is 2.84. The molecule has 0 radical (unpaired) electrons. The van der Waals surface area contributed by atoms with Gasteiger partial charge in [0.25, 0.3) is 11.6 Å². The number of aryl methyl sites for hydroxylation is 1. The van der Waals surface area contributed by atoms with Crippen molar-refractivity contribution in [3.8, 4) is 0 Å². The molecule has 0 aliphatic rings. The van der Waals surface area contributed by atoms with E-state index in [9.17, 15) is 24.1 Å². The van der Waals surface area contributed by atoms with Crippen LogP contribution in [-0.4, -0.2) is 23.4 Å². The predicted molar refractivity (Wildman–Crippen MR) is 83.1 cm³/mol. The highest BCUT2D eigenvalue weighted by atomic mass is 19.1. The highest BCUT2D eigenvalue weighted by Crippen LogP contribution is 2.22. The van der Waals surface area contributed by atoms with Gasteiger partial charge in [-0.25, -0.2) is 9.18 Å². The third-order valence-corrected chi connectivity index (χ3v) is 3.12. The summed E-state index contributed by atoms with van der Waals surface area (Å²) in [5.41, 5.74) is 0.218. The summed E-state index contributed by atoms with van der Waals surface area (Å²) >= 11 is 0. The molecule has 124 valence electrons. The number of nitrogens with zero attached hydrogens (tertiary/aromatic N) is 1. The SMILES string of the molecule is Cc1ccc(NC(=O)COC(=O)c2ccccc2F)cc1[N+](=O)[O-]. The van der Waals surface area contributed by atoms with Crippen molar-refractivity contribution in [2.24, 2.45) is 0 Å². The molecule has 24 heavy (non-hydrogen) atoms. The minimum Gasteiger partial charge on any atom is -0.452 e. The lowest BCUT2D eigenvalue weighted by molar-refractivity contribution is -0.385. The summed E-state index contributed by atoms with van der Waals surface area (Å²) in [4.78, 5) is 33.7. The van der Waals surface area contributed by atoms with Crippen LogP contribution >= 0.6 is 0 Å². The third-order valence-electron chi connectivity index (χ3n) is 3.12. The molecule has 0 aromatic heterocycles. The van der Waals surface area contributed by atoms with Crippen molar-refractivity contribution in [1.29, 1.82) is 0 Å². The van der Waals surface area contributed by atoms with E-state index in [1.165, 1.54) is 36.4 Å². The molecule has 0 aliphatic heterocycles. The van der Waals surface area contributed by atoms with Gasteiger partial charge in [-0.15, -0.1) is 0 Å². The Labute approximate surface area is 136 Å². The number of carbonyl (C=O) groups excluding carboxylic acids is 2. The van der Waals surface area contributed by atoms with Crippen molar-refractivity contribution in [3.05, 3.63) is 69.5 Å². The van der Waals surface area contributed by atoms with Gasteiger partial charge in [0.2, 0.25) is 0 Å². The monoisotopic (exact) mass is 332 g/mol. The first-order valence-corrected chi connectivity index (χ1v) is 6.85. The quantitative estimate of drug-likeness (QED) is 0.516. The van der Waals surface area contributed by atoms with Gasteiger partial charge in [-0.1, -0.05) is 18.2 Å². The molecule has 2 aromatic carbocycles. The number of nitro benzene ring substituents is 1. The zero-order valence-corrected chi connectivity index (χ0v) is 12.6. The van der Waals surface area contributed by atoms with Crippen molar-refractivity contribution in [1.82, 2.24) is 0 Å². The lowest BCUT2D eigenvalue weighted by atomic mass is 10.2. The smallest absolute Gasteiger partial charge is 0.341 e. The molecule has 0 saturated heterocycles. The van der Waals surface area contributed by atoms with Crippen LogP contribution in [0.2, 0.25) is 0 Å². The molecular formula is C16H13FN2O5. The minimum atomic E-state index is -0.974. The largest absolute Gasteiger partial charge is 0.452 e. The van der Waals surface area contributed by atoms with Gasteiger partial charge in [-0.3, -0.25) is 14.9 Å². The lowest BCUT2D eigenvalue weighted by Gasteiger charge is -2.07. The second kappa shape index (κ2) is 7.32. The fourth-order valence-electron chi connectivity index (χ4n) is 1.92. The van der Waals surface area contributed by atoms with Gasteiger partial charge in [0.15, 0.2) is 6.61 Å². The molecule has 0 bridgehead atoms. The number of nitrogens with one attached hydrogen (secondary N) is 1. The maximum absolute atomic E-state index is 13.4. The van der Waals surface area contributed by atoms with Crippen LogP contribution in [0.4, 0.5) is 15.8 Å².